The highest BCUT2D eigenvalue weighted by atomic mass is 32.1. The third-order valence-electron chi connectivity index (χ3n) is 3.35. The fourth-order valence-electron chi connectivity index (χ4n) is 2.45. The van der Waals surface area contributed by atoms with E-state index in [2.05, 4.69) is 6.92 Å². The van der Waals surface area contributed by atoms with Gasteiger partial charge in [-0.2, -0.15) is 0 Å². The molecule has 0 spiro atoms. The summed E-state index contributed by atoms with van der Waals surface area (Å²) in [6.07, 6.45) is 3.60. The lowest BCUT2D eigenvalue weighted by molar-refractivity contribution is 0.112. The Labute approximate surface area is 110 Å². The number of fused-ring (bicyclic) bond motifs is 1. The molecule has 0 aliphatic carbocycles. The molecule has 5 heteroatoms. The summed E-state index contributed by atoms with van der Waals surface area (Å²) < 4.78 is 0. The molecule has 2 rings (SSSR count). The average Bonchev–Trinajstić information content (AvgIpc) is 2.78. The van der Waals surface area contributed by atoms with Crippen molar-refractivity contribution in [2.75, 3.05) is 6.54 Å². The van der Waals surface area contributed by atoms with Crippen molar-refractivity contribution in [2.45, 2.75) is 38.6 Å². The van der Waals surface area contributed by atoms with Gasteiger partial charge in [-0.3, -0.25) is 4.79 Å². The molecule has 0 saturated carbocycles. The Kier molecular flexibility index (Phi) is 4.01. The normalized spacial score (nSPS) is 18.5. The predicted molar refractivity (Wildman–Crippen MR) is 70.4 cm³/mol. The maximum absolute atomic E-state index is 11.3. The van der Waals surface area contributed by atoms with Crippen LogP contribution in [0.25, 0.3) is 0 Å². The molecule has 1 aromatic rings. The third kappa shape index (κ3) is 2.41. The van der Waals surface area contributed by atoms with Gasteiger partial charge in [0.1, 0.15) is 0 Å². The van der Waals surface area contributed by atoms with Crippen molar-refractivity contribution in [2.24, 2.45) is 0 Å². The minimum atomic E-state index is -0.859. The number of carboxylic acid groups (broad SMARTS) is 1. The fraction of sp³-hybridized carbons (Fsp3) is 0.538. The number of carbonyl (C=O) groups excluding carboxylic acids is 1. The van der Waals surface area contributed by atoms with E-state index in [9.17, 15) is 14.7 Å². The lowest BCUT2D eigenvalue weighted by atomic mass is 9.97. The van der Waals surface area contributed by atoms with Crippen LogP contribution in [0.4, 0.5) is 4.79 Å². The van der Waals surface area contributed by atoms with Gasteiger partial charge < -0.3 is 10.0 Å². The van der Waals surface area contributed by atoms with Crippen LogP contribution in [0.3, 0.4) is 0 Å². The smallest absolute Gasteiger partial charge is 0.407 e. The molecule has 1 aliphatic rings. The second-order valence-corrected chi connectivity index (χ2v) is 5.66. The number of rotatable bonds is 4. The second kappa shape index (κ2) is 5.52. The van der Waals surface area contributed by atoms with Gasteiger partial charge in [0.25, 0.3) is 0 Å². The zero-order chi connectivity index (χ0) is 13.1. The van der Waals surface area contributed by atoms with Crippen LogP contribution < -0.4 is 0 Å². The van der Waals surface area contributed by atoms with Gasteiger partial charge in [0.2, 0.25) is 0 Å². The summed E-state index contributed by atoms with van der Waals surface area (Å²) in [6, 6.07) is 1.84. The topological polar surface area (TPSA) is 57.6 Å². The van der Waals surface area contributed by atoms with E-state index in [0.717, 1.165) is 36.0 Å². The fourth-order valence-corrected chi connectivity index (χ4v) is 3.63. The van der Waals surface area contributed by atoms with E-state index in [0.29, 0.717) is 17.8 Å². The average molecular weight is 267 g/mol. The Balaban J connectivity index is 2.31. The van der Waals surface area contributed by atoms with E-state index in [1.54, 1.807) is 0 Å². The Morgan fingerprint density at radius 3 is 3.06 bits per heavy atom. The van der Waals surface area contributed by atoms with Crippen molar-refractivity contribution in [3.05, 3.63) is 21.4 Å². The molecule has 0 fully saturated rings. The maximum Gasteiger partial charge on any atom is 0.407 e. The van der Waals surface area contributed by atoms with Crippen LogP contribution in [0.2, 0.25) is 0 Å². The first kappa shape index (κ1) is 13.1. The van der Waals surface area contributed by atoms with Gasteiger partial charge in [-0.05, 0) is 24.5 Å². The number of nitrogens with zero attached hydrogens (tertiary/aromatic N) is 1. The predicted octanol–water partition coefficient (Wildman–Crippen LogP) is 3.33. The van der Waals surface area contributed by atoms with E-state index >= 15 is 0 Å². The number of aldehydes is 1. The number of hydrogen-bond acceptors (Lipinski definition) is 3. The van der Waals surface area contributed by atoms with Gasteiger partial charge in [0, 0.05) is 11.4 Å². The Bertz CT molecular complexity index is 455. The zero-order valence-electron chi connectivity index (χ0n) is 10.4. The molecule has 98 valence electrons. The standard InChI is InChI=1S/C13H17NO3S/c1-2-3-4-11-12-9(7-10(8-15)18-12)5-6-14(11)13(16)17/h7-8,11H,2-6H2,1H3,(H,16,17). The Morgan fingerprint density at radius 2 is 2.44 bits per heavy atom. The number of amides is 1. The van der Waals surface area contributed by atoms with Gasteiger partial charge in [0.15, 0.2) is 6.29 Å². The van der Waals surface area contributed by atoms with E-state index < -0.39 is 6.09 Å². The first-order valence-corrected chi connectivity index (χ1v) is 7.06. The summed E-state index contributed by atoms with van der Waals surface area (Å²) in [7, 11) is 0. The van der Waals surface area contributed by atoms with Gasteiger partial charge in [-0.15, -0.1) is 11.3 Å². The van der Waals surface area contributed by atoms with Crippen molar-refractivity contribution in [1.82, 2.24) is 4.90 Å². The minimum absolute atomic E-state index is 0.0649. The van der Waals surface area contributed by atoms with Crippen LogP contribution in [0, 0.1) is 0 Å². The molecular weight excluding hydrogens is 250 g/mol. The summed E-state index contributed by atoms with van der Waals surface area (Å²) >= 11 is 1.44. The second-order valence-electron chi connectivity index (χ2n) is 4.54. The molecule has 1 aliphatic heterocycles. The molecule has 0 aromatic carbocycles. The lowest BCUT2D eigenvalue weighted by Crippen LogP contribution is -2.38. The Hall–Kier alpha value is -1.36. The number of thiophene rings is 1. The van der Waals surface area contributed by atoms with Crippen molar-refractivity contribution in [1.29, 1.82) is 0 Å². The summed E-state index contributed by atoms with van der Waals surface area (Å²) in [5, 5.41) is 9.26. The molecule has 1 aromatic heterocycles. The van der Waals surface area contributed by atoms with Crippen molar-refractivity contribution in [3.63, 3.8) is 0 Å². The molecule has 1 amide bonds. The van der Waals surface area contributed by atoms with Crippen LogP contribution in [-0.4, -0.2) is 28.9 Å². The third-order valence-corrected chi connectivity index (χ3v) is 4.56. The molecule has 1 N–H and O–H groups in total. The molecule has 1 atom stereocenters. The monoisotopic (exact) mass is 267 g/mol. The van der Waals surface area contributed by atoms with Crippen molar-refractivity contribution >= 4 is 23.7 Å². The summed E-state index contributed by atoms with van der Waals surface area (Å²) in [5.74, 6) is 0. The number of carbonyl (C=O) groups is 2. The van der Waals surface area contributed by atoms with Crippen LogP contribution in [0.5, 0.6) is 0 Å². The largest absolute Gasteiger partial charge is 0.465 e. The number of hydrogen-bond donors (Lipinski definition) is 1. The molecular formula is C13H17NO3S. The molecule has 18 heavy (non-hydrogen) atoms. The first-order valence-electron chi connectivity index (χ1n) is 6.24. The molecule has 1 unspecified atom stereocenters. The zero-order valence-corrected chi connectivity index (χ0v) is 11.2. The highest BCUT2D eigenvalue weighted by Crippen LogP contribution is 2.38. The highest BCUT2D eigenvalue weighted by molar-refractivity contribution is 7.13. The van der Waals surface area contributed by atoms with Crippen LogP contribution in [-0.2, 0) is 6.42 Å². The van der Waals surface area contributed by atoms with Gasteiger partial charge in [-0.25, -0.2) is 4.79 Å². The molecule has 2 heterocycles. The van der Waals surface area contributed by atoms with Crippen LogP contribution in [0.15, 0.2) is 6.07 Å². The maximum atomic E-state index is 11.3. The summed E-state index contributed by atoms with van der Waals surface area (Å²) in [6.45, 7) is 2.63. The van der Waals surface area contributed by atoms with Crippen LogP contribution in [0.1, 0.15) is 52.3 Å². The van der Waals surface area contributed by atoms with Crippen molar-refractivity contribution in [3.8, 4) is 0 Å². The van der Waals surface area contributed by atoms with E-state index in [4.69, 9.17) is 0 Å². The van der Waals surface area contributed by atoms with Gasteiger partial charge >= 0.3 is 6.09 Å². The quantitative estimate of drug-likeness (QED) is 0.851. The Morgan fingerprint density at radius 1 is 1.67 bits per heavy atom. The van der Waals surface area contributed by atoms with E-state index in [1.165, 1.54) is 16.2 Å². The van der Waals surface area contributed by atoms with Gasteiger partial charge in [0.05, 0.1) is 10.9 Å². The SMILES string of the molecule is CCCCC1c2sc(C=O)cc2CCN1C(=O)O. The van der Waals surface area contributed by atoms with E-state index in [-0.39, 0.29) is 6.04 Å². The van der Waals surface area contributed by atoms with E-state index in [1.807, 2.05) is 6.07 Å². The lowest BCUT2D eigenvalue weighted by Gasteiger charge is -2.33. The summed E-state index contributed by atoms with van der Waals surface area (Å²) in [5.41, 5.74) is 1.15. The minimum Gasteiger partial charge on any atom is -0.465 e. The van der Waals surface area contributed by atoms with Gasteiger partial charge in [-0.1, -0.05) is 19.8 Å². The van der Waals surface area contributed by atoms with Crippen LogP contribution >= 0.6 is 11.3 Å². The molecule has 0 saturated heterocycles. The molecule has 4 nitrogen and oxygen atoms in total. The summed E-state index contributed by atoms with van der Waals surface area (Å²) in [4.78, 5) is 25.4. The molecule has 0 bridgehead atoms. The number of unbranched alkanes of at least 4 members (excludes halogenated alkanes) is 1. The first-order chi connectivity index (χ1) is 8.67. The van der Waals surface area contributed by atoms with Crippen molar-refractivity contribution < 1.29 is 14.7 Å². The molecule has 0 radical (unpaired) electrons. The highest BCUT2D eigenvalue weighted by Gasteiger charge is 2.31.